The molecule has 0 aliphatic carbocycles. The monoisotopic (exact) mass is 686 g/mol. The Morgan fingerprint density at radius 3 is 1.71 bits per heavy atom. The molecule has 0 N–H and O–H groups in total. The third kappa shape index (κ3) is 8.12. The van der Waals surface area contributed by atoms with Gasteiger partial charge in [-0.15, -0.1) is 0 Å². The molecular formula is C33H26N4O9S2. The number of ether oxygens (including phenoxy) is 4. The second kappa shape index (κ2) is 15.2. The molecule has 15 heteroatoms. The van der Waals surface area contributed by atoms with Crippen LogP contribution >= 0.6 is 24.0 Å². The lowest BCUT2D eigenvalue weighted by Gasteiger charge is -2.12. The standard InChI is InChI=1S/C33H26N4O9S2/c1-43-29-15-23(7-13-27(29)45-19-21-3-9-25(10-4-21)36(39)40)17-31-32(38)35(33(47)48-31)34-18-24-8-14-28(30(16-24)44-2)46-20-22-5-11-26(12-6-22)37(41)42/h3-18H,19-20H2,1-2H3. The van der Waals surface area contributed by atoms with Crippen molar-refractivity contribution in [1.82, 2.24) is 5.01 Å². The summed E-state index contributed by atoms with van der Waals surface area (Å²) < 4.78 is 22.9. The highest BCUT2D eigenvalue weighted by Gasteiger charge is 2.32. The molecule has 4 aromatic carbocycles. The fourth-order valence-electron chi connectivity index (χ4n) is 4.36. The number of nitro benzene ring substituents is 2. The van der Waals surface area contributed by atoms with E-state index in [0.29, 0.717) is 39.0 Å². The lowest BCUT2D eigenvalue weighted by molar-refractivity contribution is -0.385. The number of carbonyl (C=O) groups is 1. The van der Waals surface area contributed by atoms with Crippen molar-refractivity contribution in [3.8, 4) is 23.0 Å². The molecule has 0 saturated carbocycles. The summed E-state index contributed by atoms with van der Waals surface area (Å²) in [7, 11) is 2.99. The van der Waals surface area contributed by atoms with Crippen molar-refractivity contribution in [2.75, 3.05) is 14.2 Å². The highest BCUT2D eigenvalue weighted by Crippen LogP contribution is 2.35. The zero-order valence-corrected chi connectivity index (χ0v) is 27.1. The first-order valence-corrected chi connectivity index (χ1v) is 15.3. The van der Waals surface area contributed by atoms with Gasteiger partial charge in [0.2, 0.25) is 0 Å². The minimum Gasteiger partial charge on any atom is -0.493 e. The van der Waals surface area contributed by atoms with Crippen molar-refractivity contribution in [3.63, 3.8) is 0 Å². The molecule has 5 rings (SSSR count). The van der Waals surface area contributed by atoms with Gasteiger partial charge in [0.05, 0.1) is 35.2 Å². The maximum Gasteiger partial charge on any atom is 0.286 e. The van der Waals surface area contributed by atoms with Gasteiger partial charge < -0.3 is 18.9 Å². The summed E-state index contributed by atoms with van der Waals surface area (Å²) in [5, 5.41) is 27.2. The summed E-state index contributed by atoms with van der Waals surface area (Å²) in [6.45, 7) is 0.350. The molecule has 0 aromatic heterocycles. The van der Waals surface area contributed by atoms with Gasteiger partial charge in [-0.3, -0.25) is 25.0 Å². The van der Waals surface area contributed by atoms with E-state index in [-0.39, 0.29) is 28.9 Å². The zero-order chi connectivity index (χ0) is 34.2. The number of thioether (sulfide) groups is 1. The van der Waals surface area contributed by atoms with Gasteiger partial charge in [0.25, 0.3) is 17.3 Å². The summed E-state index contributed by atoms with van der Waals surface area (Å²) in [5.41, 5.74) is 2.79. The van der Waals surface area contributed by atoms with Gasteiger partial charge in [-0.25, -0.2) is 0 Å². The molecule has 1 aliphatic heterocycles. The van der Waals surface area contributed by atoms with E-state index < -0.39 is 15.8 Å². The van der Waals surface area contributed by atoms with Crippen LogP contribution in [-0.4, -0.2) is 45.5 Å². The van der Waals surface area contributed by atoms with Gasteiger partial charge in [-0.05, 0) is 95.1 Å². The van der Waals surface area contributed by atoms with Crippen LogP contribution in [0.3, 0.4) is 0 Å². The number of hydrogen-bond donors (Lipinski definition) is 0. The topological polar surface area (TPSA) is 156 Å². The first kappa shape index (κ1) is 33.6. The molecule has 4 aromatic rings. The Hall–Kier alpha value is -5.80. The van der Waals surface area contributed by atoms with E-state index >= 15 is 0 Å². The second-order valence-corrected chi connectivity index (χ2v) is 11.7. The number of methoxy groups -OCH3 is 2. The Morgan fingerprint density at radius 1 is 0.750 bits per heavy atom. The molecule has 13 nitrogen and oxygen atoms in total. The lowest BCUT2D eigenvalue weighted by atomic mass is 10.1. The van der Waals surface area contributed by atoms with Crippen LogP contribution in [0.4, 0.5) is 11.4 Å². The van der Waals surface area contributed by atoms with Gasteiger partial charge >= 0.3 is 0 Å². The molecule has 1 saturated heterocycles. The van der Waals surface area contributed by atoms with E-state index in [2.05, 4.69) is 5.10 Å². The normalized spacial score (nSPS) is 13.6. The van der Waals surface area contributed by atoms with E-state index in [0.717, 1.165) is 27.9 Å². The van der Waals surface area contributed by atoms with E-state index in [1.54, 1.807) is 66.7 Å². The van der Waals surface area contributed by atoms with Crippen LogP contribution in [-0.2, 0) is 18.0 Å². The van der Waals surface area contributed by atoms with E-state index in [1.165, 1.54) is 44.7 Å². The van der Waals surface area contributed by atoms with Gasteiger partial charge in [0.15, 0.2) is 27.3 Å². The number of carbonyl (C=O) groups excluding carboxylic acids is 1. The van der Waals surface area contributed by atoms with Crippen LogP contribution in [0.15, 0.2) is 94.9 Å². The predicted molar refractivity (Wildman–Crippen MR) is 183 cm³/mol. The number of nitrogens with zero attached hydrogens (tertiary/aromatic N) is 4. The maximum absolute atomic E-state index is 13.2. The summed E-state index contributed by atoms with van der Waals surface area (Å²) >= 11 is 6.53. The molecule has 244 valence electrons. The van der Waals surface area contributed by atoms with E-state index in [9.17, 15) is 25.0 Å². The van der Waals surface area contributed by atoms with Crippen molar-refractivity contribution >= 4 is 57.9 Å². The van der Waals surface area contributed by atoms with Crippen LogP contribution < -0.4 is 18.9 Å². The molecule has 0 bridgehead atoms. The molecular weight excluding hydrogens is 661 g/mol. The van der Waals surface area contributed by atoms with Crippen molar-refractivity contribution < 1.29 is 33.6 Å². The third-order valence-corrected chi connectivity index (χ3v) is 8.13. The first-order valence-electron chi connectivity index (χ1n) is 14.1. The van der Waals surface area contributed by atoms with Gasteiger partial charge in [-0.1, -0.05) is 17.8 Å². The van der Waals surface area contributed by atoms with Gasteiger partial charge in [0, 0.05) is 24.3 Å². The average Bonchev–Trinajstić information content (AvgIpc) is 3.36. The highest BCUT2D eigenvalue weighted by atomic mass is 32.2. The van der Waals surface area contributed by atoms with Crippen molar-refractivity contribution in [1.29, 1.82) is 0 Å². The Bertz CT molecular complexity index is 1930. The number of hydrazone groups is 1. The molecule has 1 heterocycles. The highest BCUT2D eigenvalue weighted by molar-refractivity contribution is 8.26. The summed E-state index contributed by atoms with van der Waals surface area (Å²) in [5.74, 6) is 1.39. The van der Waals surface area contributed by atoms with Crippen molar-refractivity contribution in [2.45, 2.75) is 13.2 Å². The van der Waals surface area contributed by atoms with Gasteiger partial charge in [-0.2, -0.15) is 10.1 Å². The second-order valence-electron chi connectivity index (χ2n) is 9.98. The minimum absolute atomic E-state index is 0.00330. The van der Waals surface area contributed by atoms with Crippen LogP contribution in [0.1, 0.15) is 22.3 Å². The SMILES string of the molecule is COc1cc(C=NN2C(=O)C(=Cc3ccc(OCc4ccc([N+](=O)[O-])cc4)c(OC)c3)SC2=S)ccc1OCc1ccc([N+](=O)[O-])cc1. The van der Waals surface area contributed by atoms with E-state index in [1.807, 2.05) is 0 Å². The molecule has 0 atom stereocenters. The third-order valence-electron chi connectivity index (χ3n) is 6.85. The minimum atomic E-state index is -0.464. The number of benzene rings is 4. The largest absolute Gasteiger partial charge is 0.493 e. The fourth-order valence-corrected chi connectivity index (χ4v) is 5.53. The Balaban J connectivity index is 1.22. The number of hydrogen-bond acceptors (Lipinski definition) is 12. The lowest BCUT2D eigenvalue weighted by Crippen LogP contribution is -2.22. The molecule has 1 amide bonds. The number of nitro groups is 2. The van der Waals surface area contributed by atoms with Crippen LogP contribution in [0.25, 0.3) is 6.08 Å². The molecule has 0 spiro atoms. The first-order chi connectivity index (χ1) is 23.1. The van der Waals surface area contributed by atoms with Crippen LogP contribution in [0, 0.1) is 20.2 Å². The maximum atomic E-state index is 13.2. The van der Waals surface area contributed by atoms with Crippen LogP contribution in [0.5, 0.6) is 23.0 Å². The van der Waals surface area contributed by atoms with Crippen molar-refractivity contribution in [3.05, 3.63) is 132 Å². The number of non-ortho nitro benzene ring substituents is 2. The van der Waals surface area contributed by atoms with Crippen molar-refractivity contribution in [2.24, 2.45) is 5.10 Å². The van der Waals surface area contributed by atoms with Gasteiger partial charge in [0.1, 0.15) is 13.2 Å². The molecule has 1 fully saturated rings. The summed E-state index contributed by atoms with van der Waals surface area (Å²) in [4.78, 5) is 34.4. The number of rotatable bonds is 13. The summed E-state index contributed by atoms with van der Waals surface area (Å²) in [6.07, 6.45) is 3.16. The number of thiocarbonyl (C=S) groups is 1. The molecule has 0 radical (unpaired) electrons. The molecule has 1 aliphatic rings. The molecule has 0 unspecified atom stereocenters. The summed E-state index contributed by atoms with van der Waals surface area (Å²) in [6, 6.07) is 22.5. The fraction of sp³-hybridized carbons (Fsp3) is 0.121. The Morgan fingerprint density at radius 2 is 1.23 bits per heavy atom. The quantitative estimate of drug-likeness (QED) is 0.0473. The zero-order valence-electron chi connectivity index (χ0n) is 25.4. The number of amides is 1. The Kier molecular flexibility index (Phi) is 10.6. The smallest absolute Gasteiger partial charge is 0.286 e. The average molecular weight is 687 g/mol. The predicted octanol–water partition coefficient (Wildman–Crippen LogP) is 6.91. The van der Waals surface area contributed by atoms with Crippen LogP contribution in [0.2, 0.25) is 0 Å². The Labute approximate surface area is 283 Å². The molecule has 48 heavy (non-hydrogen) atoms. The van der Waals surface area contributed by atoms with E-state index in [4.69, 9.17) is 31.2 Å².